The van der Waals surface area contributed by atoms with E-state index in [0.29, 0.717) is 23.7 Å². The van der Waals surface area contributed by atoms with E-state index < -0.39 is 6.04 Å². The molecule has 6 heteroatoms. The largest absolute Gasteiger partial charge is 0.484 e. The van der Waals surface area contributed by atoms with Crippen LogP contribution in [0.5, 0.6) is 5.75 Å². The minimum Gasteiger partial charge on any atom is -0.484 e. The van der Waals surface area contributed by atoms with Gasteiger partial charge in [0.25, 0.3) is 5.91 Å². The number of carbonyl (C=O) groups is 2. The van der Waals surface area contributed by atoms with E-state index in [2.05, 4.69) is 5.32 Å². The number of amides is 2. The molecule has 0 fully saturated rings. The second-order valence-corrected chi connectivity index (χ2v) is 8.01. The Morgan fingerprint density at radius 1 is 0.938 bits per heavy atom. The molecule has 1 atom stereocenters. The average Bonchev–Trinajstić information content (AvgIpc) is 2.82. The highest BCUT2D eigenvalue weighted by atomic mass is 35.5. The molecule has 0 aliphatic rings. The Bertz CT molecular complexity index is 1020. The van der Waals surface area contributed by atoms with Gasteiger partial charge in [-0.3, -0.25) is 9.59 Å². The molecule has 166 valence electrons. The van der Waals surface area contributed by atoms with Gasteiger partial charge in [0.15, 0.2) is 6.61 Å². The third kappa shape index (κ3) is 6.59. The van der Waals surface area contributed by atoms with Crippen LogP contribution in [0.3, 0.4) is 0 Å². The van der Waals surface area contributed by atoms with Crippen molar-refractivity contribution in [3.05, 3.63) is 101 Å². The fraction of sp³-hybridized carbons (Fsp3) is 0.231. The maximum atomic E-state index is 13.3. The van der Waals surface area contributed by atoms with Gasteiger partial charge in [0.1, 0.15) is 11.8 Å². The molecule has 1 N–H and O–H groups in total. The highest BCUT2D eigenvalue weighted by Gasteiger charge is 2.30. The summed E-state index contributed by atoms with van der Waals surface area (Å²) in [5, 5.41) is 3.30. The molecule has 0 bridgehead atoms. The third-order valence-electron chi connectivity index (χ3n) is 5.17. The van der Waals surface area contributed by atoms with Gasteiger partial charge in [-0.1, -0.05) is 71.8 Å². The number of halogens is 1. The number of likely N-dealkylation sites (N-methyl/N-ethyl adjacent to an activating group) is 1. The van der Waals surface area contributed by atoms with Crippen LogP contribution in [-0.4, -0.2) is 36.4 Å². The summed E-state index contributed by atoms with van der Waals surface area (Å²) >= 11 is 5.92. The normalized spacial score (nSPS) is 11.5. The molecule has 2 amide bonds. The van der Waals surface area contributed by atoms with Gasteiger partial charge in [0, 0.05) is 25.0 Å². The van der Waals surface area contributed by atoms with Gasteiger partial charge in [-0.2, -0.15) is 0 Å². The lowest BCUT2D eigenvalue weighted by molar-refractivity contribution is -0.142. The van der Waals surface area contributed by atoms with E-state index in [1.54, 1.807) is 36.2 Å². The van der Waals surface area contributed by atoms with Crippen LogP contribution >= 0.6 is 11.6 Å². The summed E-state index contributed by atoms with van der Waals surface area (Å²) in [6, 6.07) is 23.8. The van der Waals surface area contributed by atoms with Crippen LogP contribution in [0.15, 0.2) is 78.9 Å². The van der Waals surface area contributed by atoms with Crippen LogP contribution in [0.1, 0.15) is 16.7 Å². The van der Waals surface area contributed by atoms with E-state index in [0.717, 1.165) is 16.7 Å². The summed E-state index contributed by atoms with van der Waals surface area (Å²) < 4.78 is 5.69. The summed E-state index contributed by atoms with van der Waals surface area (Å²) in [5.41, 5.74) is 3.05. The van der Waals surface area contributed by atoms with Crippen molar-refractivity contribution in [1.82, 2.24) is 10.2 Å². The van der Waals surface area contributed by atoms with Gasteiger partial charge < -0.3 is 15.0 Å². The van der Waals surface area contributed by atoms with Crippen LogP contribution in [0, 0.1) is 6.92 Å². The maximum Gasteiger partial charge on any atom is 0.261 e. The molecule has 0 aromatic heterocycles. The van der Waals surface area contributed by atoms with Crippen molar-refractivity contribution in [3.63, 3.8) is 0 Å². The SMILES string of the molecule is CNC(=O)[C@H](Cc1ccccc1)N(Cc1ccc(C)cc1)C(=O)COc1ccc(Cl)cc1. The summed E-state index contributed by atoms with van der Waals surface area (Å²) in [5.74, 6) is 0.0449. The average molecular weight is 451 g/mol. The molecule has 3 rings (SSSR count). The number of rotatable bonds is 9. The first-order chi connectivity index (χ1) is 15.5. The molecule has 3 aromatic carbocycles. The highest BCUT2D eigenvalue weighted by molar-refractivity contribution is 6.30. The zero-order valence-corrected chi connectivity index (χ0v) is 19.0. The van der Waals surface area contributed by atoms with E-state index in [4.69, 9.17) is 16.3 Å². The predicted octanol–water partition coefficient (Wildman–Crippen LogP) is 4.41. The standard InChI is InChI=1S/C26H27ClN2O3/c1-19-8-10-21(11-9-19)17-29(25(30)18-32-23-14-12-22(27)13-15-23)24(26(31)28-2)16-20-6-4-3-5-7-20/h3-15,24H,16-18H2,1-2H3,(H,28,31)/t24-/m0/s1. The second kappa shape index (κ2) is 11.3. The van der Waals surface area contributed by atoms with Crippen molar-refractivity contribution >= 4 is 23.4 Å². The van der Waals surface area contributed by atoms with Gasteiger partial charge in [0.05, 0.1) is 0 Å². The first-order valence-electron chi connectivity index (χ1n) is 10.4. The molecule has 0 saturated heterocycles. The van der Waals surface area contributed by atoms with E-state index >= 15 is 0 Å². The second-order valence-electron chi connectivity index (χ2n) is 7.57. The number of carbonyl (C=O) groups excluding carboxylic acids is 2. The van der Waals surface area contributed by atoms with Gasteiger partial charge in [-0.15, -0.1) is 0 Å². The van der Waals surface area contributed by atoms with Crippen LogP contribution in [0.4, 0.5) is 0 Å². The Morgan fingerprint density at radius 2 is 1.59 bits per heavy atom. The number of nitrogens with one attached hydrogen (secondary N) is 1. The Balaban J connectivity index is 1.85. The Morgan fingerprint density at radius 3 is 2.22 bits per heavy atom. The quantitative estimate of drug-likeness (QED) is 0.525. The number of aryl methyl sites for hydroxylation is 1. The summed E-state index contributed by atoms with van der Waals surface area (Å²) in [6.45, 7) is 2.12. The molecule has 3 aromatic rings. The molecule has 0 aliphatic heterocycles. The number of benzene rings is 3. The van der Waals surface area contributed by atoms with Crippen molar-refractivity contribution in [3.8, 4) is 5.75 Å². The lowest BCUT2D eigenvalue weighted by Gasteiger charge is -2.31. The van der Waals surface area contributed by atoms with Crippen molar-refractivity contribution in [1.29, 1.82) is 0 Å². The minimum absolute atomic E-state index is 0.185. The van der Waals surface area contributed by atoms with Gasteiger partial charge >= 0.3 is 0 Å². The van der Waals surface area contributed by atoms with Crippen LogP contribution in [0.25, 0.3) is 0 Å². The van der Waals surface area contributed by atoms with Crippen LogP contribution < -0.4 is 10.1 Å². The van der Waals surface area contributed by atoms with Crippen LogP contribution in [-0.2, 0) is 22.6 Å². The molecule has 32 heavy (non-hydrogen) atoms. The Labute approximate surface area is 194 Å². The van der Waals surface area contributed by atoms with E-state index in [1.807, 2.05) is 61.5 Å². The first-order valence-corrected chi connectivity index (χ1v) is 10.8. The molecule has 5 nitrogen and oxygen atoms in total. The molecule has 0 radical (unpaired) electrons. The lowest BCUT2D eigenvalue weighted by atomic mass is 10.0. The lowest BCUT2D eigenvalue weighted by Crippen LogP contribution is -2.51. The van der Waals surface area contributed by atoms with E-state index in [9.17, 15) is 9.59 Å². The molecule has 0 aliphatic carbocycles. The number of ether oxygens (including phenoxy) is 1. The number of hydrogen-bond acceptors (Lipinski definition) is 3. The van der Waals surface area contributed by atoms with Crippen molar-refractivity contribution in [2.75, 3.05) is 13.7 Å². The molecule has 0 heterocycles. The molecule has 0 spiro atoms. The Kier molecular flexibility index (Phi) is 8.28. The van der Waals surface area contributed by atoms with E-state index in [-0.39, 0.29) is 18.4 Å². The summed E-state index contributed by atoms with van der Waals surface area (Å²) in [6.07, 6.45) is 0.402. The predicted molar refractivity (Wildman–Crippen MR) is 127 cm³/mol. The van der Waals surface area contributed by atoms with E-state index in [1.165, 1.54) is 0 Å². The van der Waals surface area contributed by atoms with Gasteiger partial charge in [-0.05, 0) is 42.3 Å². The smallest absolute Gasteiger partial charge is 0.261 e. The maximum absolute atomic E-state index is 13.3. The summed E-state index contributed by atoms with van der Waals surface area (Å²) in [4.78, 5) is 27.7. The van der Waals surface area contributed by atoms with Crippen molar-refractivity contribution in [2.45, 2.75) is 25.9 Å². The zero-order chi connectivity index (χ0) is 22.9. The first kappa shape index (κ1) is 23.4. The molecule has 0 unspecified atom stereocenters. The third-order valence-corrected chi connectivity index (χ3v) is 5.42. The van der Waals surface area contributed by atoms with Gasteiger partial charge in [-0.25, -0.2) is 0 Å². The fourth-order valence-corrected chi connectivity index (χ4v) is 3.50. The highest BCUT2D eigenvalue weighted by Crippen LogP contribution is 2.18. The zero-order valence-electron chi connectivity index (χ0n) is 18.3. The number of nitrogens with zero attached hydrogens (tertiary/aromatic N) is 1. The molecular weight excluding hydrogens is 424 g/mol. The monoisotopic (exact) mass is 450 g/mol. The molecular formula is C26H27ClN2O3. The topological polar surface area (TPSA) is 58.6 Å². The van der Waals surface area contributed by atoms with Crippen molar-refractivity contribution < 1.29 is 14.3 Å². The Hall–Kier alpha value is -3.31. The number of hydrogen-bond donors (Lipinski definition) is 1. The molecule has 0 saturated carbocycles. The van der Waals surface area contributed by atoms with Gasteiger partial charge in [0.2, 0.25) is 5.91 Å². The van der Waals surface area contributed by atoms with Crippen LogP contribution in [0.2, 0.25) is 5.02 Å². The summed E-state index contributed by atoms with van der Waals surface area (Å²) in [7, 11) is 1.58. The van der Waals surface area contributed by atoms with Crippen molar-refractivity contribution in [2.24, 2.45) is 0 Å². The fourth-order valence-electron chi connectivity index (χ4n) is 3.37. The minimum atomic E-state index is -0.676.